The zero-order valence-corrected chi connectivity index (χ0v) is 8.72. The molecule has 0 aromatic heterocycles. The van der Waals surface area contributed by atoms with Gasteiger partial charge < -0.3 is 11.1 Å². The number of rotatable bonds is 4. The molecule has 0 saturated heterocycles. The average molecular weight is 210 g/mol. The van der Waals surface area contributed by atoms with Crippen molar-refractivity contribution in [3.8, 4) is 0 Å². The molecule has 4 heteroatoms. The Hall–Kier alpha value is -1.58. The van der Waals surface area contributed by atoms with Crippen LogP contribution >= 0.6 is 0 Å². The summed E-state index contributed by atoms with van der Waals surface area (Å²) >= 11 is 0. The lowest BCUT2D eigenvalue weighted by atomic mass is 10.1. The molecule has 1 aromatic rings. The predicted molar refractivity (Wildman–Crippen MR) is 58.1 cm³/mol. The van der Waals surface area contributed by atoms with E-state index >= 15 is 0 Å². The van der Waals surface area contributed by atoms with Gasteiger partial charge in [-0.25, -0.2) is 4.39 Å². The van der Waals surface area contributed by atoms with Gasteiger partial charge in [-0.15, -0.1) is 0 Å². The number of amides is 1. The molecule has 15 heavy (non-hydrogen) atoms. The van der Waals surface area contributed by atoms with Crippen molar-refractivity contribution >= 4 is 11.6 Å². The number of anilines is 1. The molecule has 0 spiro atoms. The highest BCUT2D eigenvalue weighted by molar-refractivity contribution is 5.99. The number of nitrogens with one attached hydrogen (secondary N) is 1. The Morgan fingerprint density at radius 3 is 2.93 bits per heavy atom. The molecule has 1 rings (SSSR count). The zero-order chi connectivity index (χ0) is 11.3. The SMILES string of the molecule is CCCCNC(=O)c1cccc(F)c1N. The number of unbranched alkanes of at least 4 members (excludes halogenated alkanes) is 1. The molecule has 0 heterocycles. The maximum atomic E-state index is 13.0. The van der Waals surface area contributed by atoms with E-state index in [4.69, 9.17) is 5.73 Å². The summed E-state index contributed by atoms with van der Waals surface area (Å²) in [6.45, 7) is 2.62. The highest BCUT2D eigenvalue weighted by Crippen LogP contribution is 2.15. The van der Waals surface area contributed by atoms with Crippen LogP contribution < -0.4 is 11.1 Å². The highest BCUT2D eigenvalue weighted by atomic mass is 19.1. The smallest absolute Gasteiger partial charge is 0.253 e. The van der Waals surface area contributed by atoms with Crippen LogP contribution in [0.3, 0.4) is 0 Å². The van der Waals surface area contributed by atoms with Crippen molar-refractivity contribution in [2.45, 2.75) is 19.8 Å². The molecule has 0 aliphatic heterocycles. The van der Waals surface area contributed by atoms with Gasteiger partial charge >= 0.3 is 0 Å². The van der Waals surface area contributed by atoms with Gasteiger partial charge in [0.05, 0.1) is 11.3 Å². The van der Waals surface area contributed by atoms with Crippen LogP contribution in [0.1, 0.15) is 30.1 Å². The van der Waals surface area contributed by atoms with Crippen LogP contribution in [0.25, 0.3) is 0 Å². The zero-order valence-electron chi connectivity index (χ0n) is 8.72. The van der Waals surface area contributed by atoms with E-state index in [-0.39, 0.29) is 17.2 Å². The normalized spacial score (nSPS) is 10.0. The molecule has 1 amide bonds. The van der Waals surface area contributed by atoms with Crippen LogP contribution in [0.5, 0.6) is 0 Å². The van der Waals surface area contributed by atoms with Gasteiger partial charge in [-0.2, -0.15) is 0 Å². The fraction of sp³-hybridized carbons (Fsp3) is 0.364. The van der Waals surface area contributed by atoms with Crippen LogP contribution in [-0.2, 0) is 0 Å². The monoisotopic (exact) mass is 210 g/mol. The molecule has 0 fully saturated rings. The molecular formula is C11H15FN2O. The topological polar surface area (TPSA) is 55.1 Å². The number of hydrogen-bond acceptors (Lipinski definition) is 2. The van der Waals surface area contributed by atoms with Gasteiger partial charge in [0.1, 0.15) is 5.82 Å². The molecule has 0 unspecified atom stereocenters. The van der Waals surface area contributed by atoms with Crippen LogP contribution in [-0.4, -0.2) is 12.5 Å². The van der Waals surface area contributed by atoms with E-state index in [0.29, 0.717) is 6.54 Å². The second-order valence-corrected chi connectivity index (χ2v) is 3.31. The lowest BCUT2D eigenvalue weighted by molar-refractivity contribution is 0.0953. The van der Waals surface area contributed by atoms with E-state index in [1.165, 1.54) is 18.2 Å². The van der Waals surface area contributed by atoms with Crippen molar-refractivity contribution in [3.05, 3.63) is 29.6 Å². The number of benzene rings is 1. The van der Waals surface area contributed by atoms with E-state index in [1.54, 1.807) is 0 Å². The number of nitrogens with two attached hydrogens (primary N) is 1. The molecule has 82 valence electrons. The van der Waals surface area contributed by atoms with Crippen molar-refractivity contribution in [1.82, 2.24) is 5.32 Å². The Balaban J connectivity index is 2.69. The lowest BCUT2D eigenvalue weighted by Gasteiger charge is -2.07. The number of halogens is 1. The van der Waals surface area contributed by atoms with Gasteiger partial charge in [-0.3, -0.25) is 4.79 Å². The quantitative estimate of drug-likeness (QED) is 0.589. The highest BCUT2D eigenvalue weighted by Gasteiger charge is 2.11. The van der Waals surface area contributed by atoms with E-state index in [0.717, 1.165) is 12.8 Å². The summed E-state index contributed by atoms with van der Waals surface area (Å²) in [7, 11) is 0. The van der Waals surface area contributed by atoms with E-state index in [2.05, 4.69) is 5.32 Å². The second-order valence-electron chi connectivity index (χ2n) is 3.31. The fourth-order valence-electron chi connectivity index (χ4n) is 1.21. The van der Waals surface area contributed by atoms with Crippen molar-refractivity contribution in [2.75, 3.05) is 12.3 Å². The largest absolute Gasteiger partial charge is 0.396 e. The van der Waals surface area contributed by atoms with Crippen molar-refractivity contribution < 1.29 is 9.18 Å². The van der Waals surface area contributed by atoms with Crippen molar-refractivity contribution in [3.63, 3.8) is 0 Å². The molecule has 0 aliphatic rings. The van der Waals surface area contributed by atoms with Crippen molar-refractivity contribution in [2.24, 2.45) is 0 Å². The maximum Gasteiger partial charge on any atom is 0.253 e. The Morgan fingerprint density at radius 2 is 2.27 bits per heavy atom. The van der Waals surface area contributed by atoms with Crippen LogP contribution in [0.2, 0.25) is 0 Å². The lowest BCUT2D eigenvalue weighted by Crippen LogP contribution is -2.25. The molecule has 3 nitrogen and oxygen atoms in total. The summed E-state index contributed by atoms with van der Waals surface area (Å²) in [6, 6.07) is 4.22. The first-order valence-corrected chi connectivity index (χ1v) is 4.99. The third-order valence-electron chi connectivity index (χ3n) is 2.11. The van der Waals surface area contributed by atoms with Gasteiger partial charge in [0.25, 0.3) is 5.91 Å². The molecular weight excluding hydrogens is 195 g/mol. The van der Waals surface area contributed by atoms with Gasteiger partial charge in [0, 0.05) is 6.54 Å². The van der Waals surface area contributed by atoms with Crippen LogP contribution in [0.15, 0.2) is 18.2 Å². The summed E-state index contributed by atoms with van der Waals surface area (Å²) in [5.74, 6) is -0.876. The van der Waals surface area contributed by atoms with Crippen LogP contribution in [0, 0.1) is 5.82 Å². The molecule has 0 bridgehead atoms. The number of carbonyl (C=O) groups excluding carboxylic acids is 1. The van der Waals surface area contributed by atoms with Crippen molar-refractivity contribution in [1.29, 1.82) is 0 Å². The molecule has 0 saturated carbocycles. The standard InChI is InChI=1S/C11H15FN2O/c1-2-3-7-14-11(15)8-5-4-6-9(12)10(8)13/h4-6H,2-3,7,13H2,1H3,(H,14,15). The minimum atomic E-state index is -0.557. The summed E-state index contributed by atoms with van der Waals surface area (Å²) in [4.78, 5) is 11.5. The summed E-state index contributed by atoms with van der Waals surface area (Å²) < 4.78 is 13.0. The Morgan fingerprint density at radius 1 is 1.53 bits per heavy atom. The first kappa shape index (κ1) is 11.5. The van der Waals surface area contributed by atoms with Gasteiger partial charge in [0.15, 0.2) is 0 Å². The maximum absolute atomic E-state index is 13.0. The molecule has 0 atom stereocenters. The van der Waals surface area contributed by atoms with Gasteiger partial charge in [0.2, 0.25) is 0 Å². The first-order valence-electron chi connectivity index (χ1n) is 4.99. The summed E-state index contributed by atoms with van der Waals surface area (Å²) in [5.41, 5.74) is 5.56. The van der Waals surface area contributed by atoms with Gasteiger partial charge in [-0.05, 0) is 18.6 Å². The van der Waals surface area contributed by atoms with E-state index < -0.39 is 5.82 Å². The third-order valence-corrected chi connectivity index (χ3v) is 2.11. The molecule has 1 aromatic carbocycles. The van der Waals surface area contributed by atoms with E-state index in [1.807, 2.05) is 6.92 Å². The number of carbonyl (C=O) groups is 1. The predicted octanol–water partition coefficient (Wildman–Crippen LogP) is 1.94. The fourth-order valence-corrected chi connectivity index (χ4v) is 1.21. The molecule has 0 aliphatic carbocycles. The first-order chi connectivity index (χ1) is 7.16. The Labute approximate surface area is 88.5 Å². The average Bonchev–Trinajstić information content (AvgIpc) is 2.22. The minimum absolute atomic E-state index is 0.0912. The third kappa shape index (κ3) is 2.94. The second kappa shape index (κ2) is 5.34. The summed E-state index contributed by atoms with van der Waals surface area (Å²) in [5, 5.41) is 2.68. The molecule has 0 radical (unpaired) electrons. The Kier molecular flexibility index (Phi) is 4.09. The van der Waals surface area contributed by atoms with Gasteiger partial charge in [-0.1, -0.05) is 19.4 Å². The van der Waals surface area contributed by atoms with Crippen LogP contribution in [0.4, 0.5) is 10.1 Å². The number of hydrogen-bond donors (Lipinski definition) is 2. The number of nitrogen functional groups attached to an aromatic ring is 1. The number of para-hydroxylation sites is 1. The molecule has 3 N–H and O–H groups in total. The Bertz CT molecular complexity index is 352. The van der Waals surface area contributed by atoms with E-state index in [9.17, 15) is 9.18 Å². The minimum Gasteiger partial charge on any atom is -0.396 e. The summed E-state index contributed by atoms with van der Waals surface area (Å²) in [6.07, 6.45) is 1.90.